The molecular formula is C15H17Cl2FO3S. The van der Waals surface area contributed by atoms with E-state index in [1.54, 1.807) is 13.8 Å². The molecule has 0 aliphatic rings. The monoisotopic (exact) mass is 366 g/mol. The molecule has 22 heavy (non-hydrogen) atoms. The van der Waals surface area contributed by atoms with E-state index in [2.05, 4.69) is 0 Å². The summed E-state index contributed by atoms with van der Waals surface area (Å²) in [4.78, 5) is 23.7. The number of hydrogen-bond donors (Lipinski definition) is 0. The van der Waals surface area contributed by atoms with Gasteiger partial charge in [0.25, 0.3) is 5.24 Å². The molecule has 0 fully saturated rings. The van der Waals surface area contributed by atoms with Crippen LogP contribution in [0.3, 0.4) is 0 Å². The predicted octanol–water partition coefficient (Wildman–Crippen LogP) is 5.07. The van der Waals surface area contributed by atoms with Gasteiger partial charge in [-0.2, -0.15) is 0 Å². The first-order valence-corrected chi connectivity index (χ1v) is 8.45. The van der Waals surface area contributed by atoms with Crippen molar-refractivity contribution in [1.82, 2.24) is 0 Å². The van der Waals surface area contributed by atoms with E-state index in [1.807, 2.05) is 6.92 Å². The number of benzene rings is 1. The zero-order valence-corrected chi connectivity index (χ0v) is 14.8. The van der Waals surface area contributed by atoms with Crippen molar-refractivity contribution >= 4 is 46.2 Å². The third kappa shape index (κ3) is 5.45. The lowest BCUT2D eigenvalue weighted by Crippen LogP contribution is -2.23. The molecule has 0 N–H and O–H groups in total. The topological polar surface area (TPSA) is 43.4 Å². The smallest absolute Gasteiger partial charge is 0.319 e. The Kier molecular flexibility index (Phi) is 7.66. The Bertz CT molecular complexity index is 564. The molecule has 0 aromatic heterocycles. The fraction of sp³-hybridized carbons (Fsp3) is 0.467. The Morgan fingerprint density at radius 2 is 2.00 bits per heavy atom. The largest absolute Gasteiger partial charge is 0.462 e. The van der Waals surface area contributed by atoms with Crippen LogP contribution in [0.4, 0.5) is 4.39 Å². The summed E-state index contributed by atoms with van der Waals surface area (Å²) in [5.41, 5.74) is -0.263. The summed E-state index contributed by atoms with van der Waals surface area (Å²) >= 11 is 12.5. The Morgan fingerprint density at radius 1 is 1.36 bits per heavy atom. The maximum atomic E-state index is 13.6. The Hall–Kier alpha value is -0.780. The summed E-state index contributed by atoms with van der Waals surface area (Å²) in [6, 6.07) is 2.29. The van der Waals surface area contributed by atoms with E-state index in [0.29, 0.717) is 11.3 Å². The van der Waals surface area contributed by atoms with Crippen molar-refractivity contribution in [3.8, 4) is 0 Å². The molecule has 3 nitrogen and oxygen atoms in total. The van der Waals surface area contributed by atoms with Crippen molar-refractivity contribution in [2.24, 2.45) is 0 Å². The predicted molar refractivity (Wildman–Crippen MR) is 87.4 cm³/mol. The van der Waals surface area contributed by atoms with Gasteiger partial charge in [-0.3, -0.25) is 9.59 Å². The highest BCUT2D eigenvalue weighted by atomic mass is 35.5. The molecular weight excluding hydrogens is 350 g/mol. The minimum atomic E-state index is -0.909. The van der Waals surface area contributed by atoms with Crippen molar-refractivity contribution in [2.45, 2.75) is 49.9 Å². The summed E-state index contributed by atoms with van der Waals surface area (Å²) < 4.78 is 18.8. The standard InChI is InChI=1S/C15H17Cl2FO3S/c1-4-5-12(15(20)21-8(2)3)22-13-6-9(14(17)19)11(18)7-10(13)16/h6-8,12H,4-5H2,1-3H3. The van der Waals surface area contributed by atoms with Gasteiger partial charge < -0.3 is 4.74 Å². The normalized spacial score (nSPS) is 12.3. The van der Waals surface area contributed by atoms with Crippen molar-refractivity contribution in [2.75, 3.05) is 0 Å². The first kappa shape index (κ1) is 19.3. The van der Waals surface area contributed by atoms with Gasteiger partial charge in [0.05, 0.1) is 16.7 Å². The van der Waals surface area contributed by atoms with Crippen LogP contribution in [0.15, 0.2) is 17.0 Å². The van der Waals surface area contributed by atoms with E-state index in [1.165, 1.54) is 6.07 Å². The number of hydrogen-bond acceptors (Lipinski definition) is 4. The lowest BCUT2D eigenvalue weighted by Gasteiger charge is -2.17. The van der Waals surface area contributed by atoms with Gasteiger partial charge in [-0.1, -0.05) is 24.9 Å². The fourth-order valence-corrected chi connectivity index (χ4v) is 3.32. The number of carbonyl (C=O) groups excluding carboxylic acids is 2. The maximum Gasteiger partial charge on any atom is 0.319 e. The van der Waals surface area contributed by atoms with Crippen LogP contribution in [0.25, 0.3) is 0 Å². The first-order chi connectivity index (χ1) is 10.3. The van der Waals surface area contributed by atoms with Crippen LogP contribution in [0.1, 0.15) is 44.0 Å². The molecule has 1 rings (SSSR count). The zero-order valence-electron chi connectivity index (χ0n) is 12.5. The SMILES string of the molecule is CCCC(Sc1cc(C(=O)Cl)c(F)cc1Cl)C(=O)OC(C)C. The lowest BCUT2D eigenvalue weighted by molar-refractivity contribution is -0.146. The Morgan fingerprint density at radius 3 is 2.50 bits per heavy atom. The van der Waals surface area contributed by atoms with Crippen LogP contribution in [-0.4, -0.2) is 22.6 Å². The molecule has 0 aliphatic carbocycles. The molecule has 1 aromatic rings. The number of carbonyl (C=O) groups is 2. The van der Waals surface area contributed by atoms with Crippen molar-refractivity contribution in [1.29, 1.82) is 0 Å². The van der Waals surface area contributed by atoms with Crippen molar-refractivity contribution < 1.29 is 18.7 Å². The van der Waals surface area contributed by atoms with E-state index in [0.717, 1.165) is 24.2 Å². The molecule has 0 saturated heterocycles. The van der Waals surface area contributed by atoms with Gasteiger partial charge in [0.15, 0.2) is 0 Å². The summed E-state index contributed by atoms with van der Waals surface area (Å²) in [6.45, 7) is 5.47. The number of esters is 1. The Labute approximate surface area is 143 Å². The van der Waals surface area contributed by atoms with Crippen LogP contribution in [0.5, 0.6) is 0 Å². The third-order valence-electron chi connectivity index (χ3n) is 2.67. The average Bonchev–Trinajstić information content (AvgIpc) is 2.39. The van der Waals surface area contributed by atoms with Gasteiger partial charge in [-0.25, -0.2) is 4.39 Å². The molecule has 1 aromatic carbocycles. The molecule has 0 amide bonds. The molecule has 0 saturated carbocycles. The van der Waals surface area contributed by atoms with Gasteiger partial charge in [0, 0.05) is 4.90 Å². The lowest BCUT2D eigenvalue weighted by atomic mass is 10.2. The van der Waals surface area contributed by atoms with Crippen LogP contribution in [0, 0.1) is 5.82 Å². The number of halogens is 3. The van der Waals surface area contributed by atoms with Gasteiger partial charge >= 0.3 is 5.97 Å². The number of ether oxygens (including phenoxy) is 1. The van der Waals surface area contributed by atoms with Crippen molar-refractivity contribution in [3.05, 3.63) is 28.5 Å². The summed E-state index contributed by atoms with van der Waals surface area (Å²) in [5.74, 6) is -1.15. The van der Waals surface area contributed by atoms with E-state index >= 15 is 0 Å². The average molecular weight is 367 g/mol. The maximum absolute atomic E-state index is 13.6. The van der Waals surface area contributed by atoms with Gasteiger partial charge in [-0.05, 0) is 44.0 Å². The van der Waals surface area contributed by atoms with Crippen LogP contribution in [-0.2, 0) is 9.53 Å². The molecule has 0 radical (unpaired) electrons. The minimum Gasteiger partial charge on any atom is -0.462 e. The first-order valence-electron chi connectivity index (χ1n) is 6.82. The molecule has 0 bridgehead atoms. The van der Waals surface area contributed by atoms with E-state index in [4.69, 9.17) is 27.9 Å². The number of thioether (sulfide) groups is 1. The molecule has 7 heteroatoms. The quantitative estimate of drug-likeness (QED) is 0.383. The van der Waals surface area contributed by atoms with Gasteiger partial charge in [-0.15, -0.1) is 11.8 Å². The molecule has 0 aliphatic heterocycles. The number of rotatable bonds is 7. The molecule has 0 heterocycles. The Balaban J connectivity index is 3.05. The highest BCUT2D eigenvalue weighted by Gasteiger charge is 2.24. The summed E-state index contributed by atoms with van der Waals surface area (Å²) in [6.07, 6.45) is 1.12. The molecule has 1 atom stereocenters. The molecule has 0 spiro atoms. The van der Waals surface area contributed by atoms with E-state index < -0.39 is 16.3 Å². The summed E-state index contributed by atoms with van der Waals surface area (Å²) in [5, 5.41) is -1.26. The second-order valence-corrected chi connectivity index (χ2v) is 6.91. The molecule has 122 valence electrons. The highest BCUT2D eigenvalue weighted by molar-refractivity contribution is 8.00. The second-order valence-electron chi connectivity index (χ2n) is 4.92. The van der Waals surface area contributed by atoms with Gasteiger partial charge in [0.2, 0.25) is 0 Å². The van der Waals surface area contributed by atoms with E-state index in [9.17, 15) is 14.0 Å². The van der Waals surface area contributed by atoms with Gasteiger partial charge in [0.1, 0.15) is 11.1 Å². The second kappa shape index (κ2) is 8.75. The zero-order chi connectivity index (χ0) is 16.9. The third-order valence-corrected chi connectivity index (χ3v) is 4.60. The molecule has 1 unspecified atom stereocenters. The van der Waals surface area contributed by atoms with Crippen LogP contribution >= 0.6 is 35.0 Å². The van der Waals surface area contributed by atoms with Crippen molar-refractivity contribution in [3.63, 3.8) is 0 Å². The minimum absolute atomic E-state index is 0.127. The van der Waals surface area contributed by atoms with E-state index in [-0.39, 0.29) is 22.7 Å². The fourth-order valence-electron chi connectivity index (χ4n) is 1.72. The van der Waals surface area contributed by atoms with Crippen LogP contribution < -0.4 is 0 Å². The van der Waals surface area contributed by atoms with Crippen LogP contribution in [0.2, 0.25) is 5.02 Å². The summed E-state index contributed by atoms with van der Waals surface area (Å²) in [7, 11) is 0. The highest BCUT2D eigenvalue weighted by Crippen LogP contribution is 2.35.